The maximum Gasteiger partial charge on any atom is 0.251 e. The van der Waals surface area contributed by atoms with E-state index in [0.29, 0.717) is 12.1 Å². The molecule has 0 aliphatic carbocycles. The molecule has 2 amide bonds. The standard InChI is InChI=1S/C14H20ClN3O2/c1-3-5-11-7-10(8-12(15)18-11)14(20)17-9-13(19)16-6-4-2/h7-8H,3-6,9H2,1-2H3,(H,16,19)(H,17,20). The van der Waals surface area contributed by atoms with E-state index in [1.165, 1.54) is 6.07 Å². The molecule has 0 atom stereocenters. The fourth-order valence-corrected chi connectivity index (χ4v) is 1.88. The van der Waals surface area contributed by atoms with Crippen LogP contribution in [0, 0.1) is 0 Å². The minimum Gasteiger partial charge on any atom is -0.355 e. The first-order chi connectivity index (χ1) is 9.56. The number of halogens is 1. The summed E-state index contributed by atoms with van der Waals surface area (Å²) in [6, 6.07) is 3.20. The van der Waals surface area contributed by atoms with Gasteiger partial charge in [0.25, 0.3) is 5.91 Å². The van der Waals surface area contributed by atoms with E-state index < -0.39 is 0 Å². The lowest BCUT2D eigenvalue weighted by Gasteiger charge is -2.07. The van der Waals surface area contributed by atoms with Crippen LogP contribution in [0.25, 0.3) is 0 Å². The molecule has 1 rings (SSSR count). The molecule has 2 N–H and O–H groups in total. The first kappa shape index (κ1) is 16.4. The highest BCUT2D eigenvalue weighted by molar-refractivity contribution is 6.29. The van der Waals surface area contributed by atoms with Gasteiger partial charge in [-0.25, -0.2) is 4.98 Å². The van der Waals surface area contributed by atoms with Gasteiger partial charge in [-0.3, -0.25) is 9.59 Å². The predicted octanol–water partition coefficient (Wildman–Crippen LogP) is 1.94. The van der Waals surface area contributed by atoms with Crippen LogP contribution in [0.1, 0.15) is 42.7 Å². The molecule has 1 heterocycles. The molecule has 110 valence electrons. The van der Waals surface area contributed by atoms with Crippen LogP contribution in [0.2, 0.25) is 5.15 Å². The van der Waals surface area contributed by atoms with E-state index in [1.807, 2.05) is 13.8 Å². The number of amides is 2. The number of pyridine rings is 1. The minimum absolute atomic E-state index is 0.0398. The Morgan fingerprint density at radius 1 is 1.20 bits per heavy atom. The number of nitrogens with zero attached hydrogens (tertiary/aromatic N) is 1. The van der Waals surface area contributed by atoms with Crippen molar-refractivity contribution in [2.45, 2.75) is 33.1 Å². The molecule has 1 aromatic heterocycles. The van der Waals surface area contributed by atoms with Crippen LogP contribution in [0.4, 0.5) is 0 Å². The van der Waals surface area contributed by atoms with Crippen LogP contribution >= 0.6 is 11.6 Å². The van der Waals surface area contributed by atoms with Gasteiger partial charge >= 0.3 is 0 Å². The molecular formula is C14H20ClN3O2. The Labute approximate surface area is 124 Å². The third kappa shape index (κ3) is 5.57. The first-order valence-corrected chi connectivity index (χ1v) is 7.16. The van der Waals surface area contributed by atoms with Gasteiger partial charge in [0.15, 0.2) is 0 Å². The Bertz CT molecular complexity index is 477. The number of nitrogens with one attached hydrogen (secondary N) is 2. The summed E-state index contributed by atoms with van der Waals surface area (Å²) >= 11 is 5.89. The van der Waals surface area contributed by atoms with Crippen LogP contribution in [-0.2, 0) is 11.2 Å². The fourth-order valence-electron chi connectivity index (χ4n) is 1.66. The van der Waals surface area contributed by atoms with Gasteiger partial charge in [-0.05, 0) is 25.0 Å². The summed E-state index contributed by atoms with van der Waals surface area (Å²) in [5.74, 6) is -0.521. The highest BCUT2D eigenvalue weighted by Gasteiger charge is 2.10. The van der Waals surface area contributed by atoms with Crippen molar-refractivity contribution >= 4 is 23.4 Å². The molecule has 0 fully saturated rings. The largest absolute Gasteiger partial charge is 0.355 e. The second kappa shape index (κ2) is 8.53. The monoisotopic (exact) mass is 297 g/mol. The number of hydrogen-bond acceptors (Lipinski definition) is 3. The van der Waals surface area contributed by atoms with Crippen molar-refractivity contribution in [3.63, 3.8) is 0 Å². The molecule has 0 unspecified atom stereocenters. The van der Waals surface area contributed by atoms with Gasteiger partial charge in [-0.2, -0.15) is 0 Å². The Balaban J connectivity index is 2.60. The number of hydrogen-bond donors (Lipinski definition) is 2. The van der Waals surface area contributed by atoms with Crippen LogP contribution in [0.15, 0.2) is 12.1 Å². The van der Waals surface area contributed by atoms with Crippen molar-refractivity contribution in [2.75, 3.05) is 13.1 Å². The molecule has 20 heavy (non-hydrogen) atoms. The minimum atomic E-state index is -0.321. The van der Waals surface area contributed by atoms with Crippen LogP contribution in [0.3, 0.4) is 0 Å². The lowest BCUT2D eigenvalue weighted by molar-refractivity contribution is -0.120. The van der Waals surface area contributed by atoms with E-state index in [2.05, 4.69) is 15.6 Å². The fraction of sp³-hybridized carbons (Fsp3) is 0.500. The summed E-state index contributed by atoms with van der Waals surface area (Å²) < 4.78 is 0. The molecular weight excluding hydrogens is 278 g/mol. The maximum absolute atomic E-state index is 12.0. The summed E-state index contributed by atoms with van der Waals surface area (Å²) in [6.45, 7) is 4.56. The van der Waals surface area contributed by atoms with Gasteiger partial charge in [0, 0.05) is 17.8 Å². The number of aryl methyl sites for hydroxylation is 1. The average molecular weight is 298 g/mol. The van der Waals surface area contributed by atoms with Gasteiger partial charge in [-0.1, -0.05) is 31.9 Å². The van der Waals surface area contributed by atoms with E-state index in [1.54, 1.807) is 6.07 Å². The maximum atomic E-state index is 12.0. The van der Waals surface area contributed by atoms with E-state index in [0.717, 1.165) is 25.0 Å². The van der Waals surface area contributed by atoms with Crippen LogP contribution in [-0.4, -0.2) is 29.9 Å². The highest BCUT2D eigenvalue weighted by atomic mass is 35.5. The number of rotatable bonds is 7. The summed E-state index contributed by atoms with van der Waals surface area (Å²) in [5, 5.41) is 5.55. The quantitative estimate of drug-likeness (QED) is 0.756. The van der Waals surface area contributed by atoms with Gasteiger partial charge in [-0.15, -0.1) is 0 Å². The molecule has 0 bridgehead atoms. The summed E-state index contributed by atoms with van der Waals surface area (Å²) in [6.07, 6.45) is 2.55. The summed E-state index contributed by atoms with van der Waals surface area (Å²) in [7, 11) is 0. The topological polar surface area (TPSA) is 71.1 Å². The third-order valence-electron chi connectivity index (χ3n) is 2.60. The second-order valence-corrected chi connectivity index (χ2v) is 4.84. The second-order valence-electron chi connectivity index (χ2n) is 4.45. The lowest BCUT2D eigenvalue weighted by atomic mass is 10.1. The predicted molar refractivity (Wildman–Crippen MR) is 78.9 cm³/mol. The molecule has 0 spiro atoms. The zero-order chi connectivity index (χ0) is 15.0. The Morgan fingerprint density at radius 2 is 1.95 bits per heavy atom. The number of carbonyl (C=O) groups is 2. The molecule has 5 nitrogen and oxygen atoms in total. The molecule has 1 aromatic rings. The van der Waals surface area contributed by atoms with Crippen LogP contribution < -0.4 is 10.6 Å². The van der Waals surface area contributed by atoms with E-state index in [9.17, 15) is 9.59 Å². The zero-order valence-corrected chi connectivity index (χ0v) is 12.6. The van der Waals surface area contributed by atoms with E-state index >= 15 is 0 Å². The van der Waals surface area contributed by atoms with E-state index in [4.69, 9.17) is 11.6 Å². The molecule has 0 saturated heterocycles. The molecule has 0 aliphatic heterocycles. The van der Waals surface area contributed by atoms with Crippen molar-refractivity contribution in [1.29, 1.82) is 0 Å². The zero-order valence-electron chi connectivity index (χ0n) is 11.8. The van der Waals surface area contributed by atoms with Crippen molar-refractivity contribution in [3.05, 3.63) is 28.5 Å². The normalized spacial score (nSPS) is 10.2. The lowest BCUT2D eigenvalue weighted by Crippen LogP contribution is -2.37. The number of carbonyl (C=O) groups excluding carboxylic acids is 2. The van der Waals surface area contributed by atoms with Gasteiger partial charge in [0.05, 0.1) is 6.54 Å². The van der Waals surface area contributed by atoms with Crippen LogP contribution in [0.5, 0.6) is 0 Å². The average Bonchev–Trinajstić information content (AvgIpc) is 2.42. The van der Waals surface area contributed by atoms with Gasteiger partial charge in [0.1, 0.15) is 5.15 Å². The SMILES string of the molecule is CCCNC(=O)CNC(=O)c1cc(Cl)nc(CCC)c1. The first-order valence-electron chi connectivity index (χ1n) is 6.78. The Kier molecular flexibility index (Phi) is 7.01. The Hall–Kier alpha value is -1.62. The molecule has 0 radical (unpaired) electrons. The smallest absolute Gasteiger partial charge is 0.251 e. The molecule has 0 aromatic carbocycles. The van der Waals surface area contributed by atoms with E-state index in [-0.39, 0.29) is 23.5 Å². The third-order valence-corrected chi connectivity index (χ3v) is 2.79. The molecule has 0 saturated carbocycles. The van der Waals surface area contributed by atoms with Crippen molar-refractivity contribution in [1.82, 2.24) is 15.6 Å². The summed E-state index contributed by atoms with van der Waals surface area (Å²) in [4.78, 5) is 27.5. The van der Waals surface area contributed by atoms with Gasteiger partial charge < -0.3 is 10.6 Å². The van der Waals surface area contributed by atoms with Crippen molar-refractivity contribution < 1.29 is 9.59 Å². The highest BCUT2D eigenvalue weighted by Crippen LogP contribution is 2.12. The molecule has 6 heteroatoms. The Morgan fingerprint density at radius 3 is 2.60 bits per heavy atom. The van der Waals surface area contributed by atoms with Gasteiger partial charge in [0.2, 0.25) is 5.91 Å². The summed E-state index contributed by atoms with van der Waals surface area (Å²) in [5.41, 5.74) is 1.21. The molecule has 0 aliphatic rings. The van der Waals surface area contributed by atoms with Crippen molar-refractivity contribution in [3.8, 4) is 0 Å². The van der Waals surface area contributed by atoms with Crippen molar-refractivity contribution in [2.24, 2.45) is 0 Å². The number of aromatic nitrogens is 1.